The number of likely N-dealkylation sites (tertiary alicyclic amines) is 2. The summed E-state index contributed by atoms with van der Waals surface area (Å²) in [6.07, 6.45) is 4.20. The zero-order valence-electron chi connectivity index (χ0n) is 15.3. The van der Waals surface area contributed by atoms with Crippen molar-refractivity contribution in [3.05, 3.63) is 29.6 Å². The molecular formula is C19H27FN2O3. The molecule has 2 aliphatic rings. The summed E-state index contributed by atoms with van der Waals surface area (Å²) >= 11 is 0. The van der Waals surface area contributed by atoms with Crippen molar-refractivity contribution in [1.29, 1.82) is 0 Å². The van der Waals surface area contributed by atoms with Gasteiger partial charge in [-0.15, -0.1) is 0 Å². The quantitative estimate of drug-likeness (QED) is 0.837. The second kappa shape index (κ2) is 7.30. The normalized spacial score (nSPS) is 23.2. The number of hydrogen-bond acceptors (Lipinski definition) is 4. The van der Waals surface area contributed by atoms with Crippen LogP contribution in [0.1, 0.15) is 36.0 Å². The van der Waals surface area contributed by atoms with E-state index in [2.05, 4.69) is 11.9 Å². The van der Waals surface area contributed by atoms with E-state index >= 15 is 0 Å². The van der Waals surface area contributed by atoms with Crippen LogP contribution in [0.2, 0.25) is 0 Å². The standard InChI is InChI=1S/C19H27FN2O3/c1-21-15(13-24-2)6-7-19(21)8-10-22(11-9-19)18(23)14-4-5-17(25-3)16(20)12-14/h4-5,12,15H,6-11,13H2,1-3H3. The molecule has 2 saturated heterocycles. The van der Waals surface area contributed by atoms with E-state index < -0.39 is 5.82 Å². The van der Waals surface area contributed by atoms with Crippen LogP contribution in [0.15, 0.2) is 18.2 Å². The van der Waals surface area contributed by atoms with Crippen molar-refractivity contribution in [3.8, 4) is 5.75 Å². The van der Waals surface area contributed by atoms with Crippen LogP contribution in [0, 0.1) is 5.82 Å². The van der Waals surface area contributed by atoms with Gasteiger partial charge in [0.05, 0.1) is 13.7 Å². The Balaban J connectivity index is 1.64. The van der Waals surface area contributed by atoms with Crippen molar-refractivity contribution >= 4 is 5.91 Å². The zero-order valence-corrected chi connectivity index (χ0v) is 15.3. The van der Waals surface area contributed by atoms with Crippen molar-refractivity contribution in [2.75, 3.05) is 41.0 Å². The minimum Gasteiger partial charge on any atom is -0.494 e. The van der Waals surface area contributed by atoms with E-state index in [1.807, 2.05) is 4.90 Å². The van der Waals surface area contributed by atoms with Crippen LogP contribution < -0.4 is 4.74 Å². The average molecular weight is 350 g/mol. The third-order valence-electron chi connectivity index (χ3n) is 5.98. The van der Waals surface area contributed by atoms with Gasteiger partial charge in [-0.05, 0) is 50.9 Å². The lowest BCUT2D eigenvalue weighted by atomic mass is 9.85. The van der Waals surface area contributed by atoms with Gasteiger partial charge in [-0.3, -0.25) is 9.69 Å². The Hall–Kier alpha value is -1.66. The molecule has 0 saturated carbocycles. The van der Waals surface area contributed by atoms with Gasteiger partial charge in [-0.2, -0.15) is 0 Å². The first-order valence-corrected chi connectivity index (χ1v) is 8.85. The number of likely N-dealkylation sites (N-methyl/N-ethyl adjacent to an activating group) is 1. The number of ether oxygens (including phenoxy) is 2. The zero-order chi connectivity index (χ0) is 18.0. The Morgan fingerprint density at radius 2 is 2.00 bits per heavy atom. The third kappa shape index (κ3) is 3.37. The van der Waals surface area contributed by atoms with Crippen LogP contribution in [-0.4, -0.2) is 68.3 Å². The monoisotopic (exact) mass is 350 g/mol. The summed E-state index contributed by atoms with van der Waals surface area (Å²) in [5.74, 6) is -0.448. The number of benzene rings is 1. The fourth-order valence-corrected chi connectivity index (χ4v) is 4.29. The van der Waals surface area contributed by atoms with Crippen molar-refractivity contribution in [3.63, 3.8) is 0 Å². The van der Waals surface area contributed by atoms with E-state index in [-0.39, 0.29) is 17.2 Å². The van der Waals surface area contributed by atoms with Crippen molar-refractivity contribution in [2.24, 2.45) is 0 Å². The summed E-state index contributed by atoms with van der Waals surface area (Å²) in [6.45, 7) is 2.17. The Morgan fingerprint density at radius 1 is 1.28 bits per heavy atom. The van der Waals surface area contributed by atoms with E-state index in [0.29, 0.717) is 24.7 Å². The predicted octanol–water partition coefficient (Wildman–Crippen LogP) is 2.55. The van der Waals surface area contributed by atoms with Crippen LogP contribution in [0.3, 0.4) is 0 Å². The highest BCUT2D eigenvalue weighted by atomic mass is 19.1. The molecule has 0 aromatic heterocycles. The van der Waals surface area contributed by atoms with Gasteiger partial charge in [0, 0.05) is 37.3 Å². The number of amides is 1. The molecule has 2 heterocycles. The molecule has 138 valence electrons. The summed E-state index contributed by atoms with van der Waals surface area (Å²) in [4.78, 5) is 17.0. The maximum atomic E-state index is 13.9. The summed E-state index contributed by atoms with van der Waals surface area (Å²) in [7, 11) is 5.33. The minimum atomic E-state index is -0.500. The fourth-order valence-electron chi connectivity index (χ4n) is 4.29. The van der Waals surface area contributed by atoms with E-state index in [1.165, 1.54) is 19.2 Å². The fraction of sp³-hybridized carbons (Fsp3) is 0.632. The van der Waals surface area contributed by atoms with Gasteiger partial charge in [-0.25, -0.2) is 4.39 Å². The minimum absolute atomic E-state index is 0.106. The number of carbonyl (C=O) groups is 1. The predicted molar refractivity (Wildman–Crippen MR) is 93.5 cm³/mol. The highest BCUT2D eigenvalue weighted by molar-refractivity contribution is 5.94. The summed E-state index contributed by atoms with van der Waals surface area (Å²) in [6, 6.07) is 4.86. The maximum Gasteiger partial charge on any atom is 0.253 e. The summed E-state index contributed by atoms with van der Waals surface area (Å²) < 4.78 is 24.1. The second-order valence-corrected chi connectivity index (χ2v) is 7.12. The van der Waals surface area contributed by atoms with Gasteiger partial charge in [0.2, 0.25) is 0 Å². The molecule has 1 aromatic rings. The molecule has 25 heavy (non-hydrogen) atoms. The first-order chi connectivity index (χ1) is 12.0. The van der Waals surface area contributed by atoms with Crippen molar-refractivity contribution in [2.45, 2.75) is 37.3 Å². The third-order valence-corrected chi connectivity index (χ3v) is 5.98. The molecular weight excluding hydrogens is 323 g/mol. The molecule has 1 unspecified atom stereocenters. The molecule has 2 fully saturated rings. The van der Waals surface area contributed by atoms with Gasteiger partial charge >= 0.3 is 0 Å². The number of nitrogens with zero attached hydrogens (tertiary/aromatic N) is 2. The van der Waals surface area contributed by atoms with E-state index in [9.17, 15) is 9.18 Å². The molecule has 5 nitrogen and oxygen atoms in total. The lowest BCUT2D eigenvalue weighted by molar-refractivity contribution is 0.0273. The molecule has 3 rings (SSSR count). The Morgan fingerprint density at radius 3 is 2.60 bits per heavy atom. The Kier molecular flexibility index (Phi) is 5.29. The summed E-state index contributed by atoms with van der Waals surface area (Å²) in [5, 5.41) is 0. The van der Waals surface area contributed by atoms with Crippen molar-refractivity contribution < 1.29 is 18.7 Å². The largest absolute Gasteiger partial charge is 0.494 e. The molecule has 1 aromatic carbocycles. The topological polar surface area (TPSA) is 42.0 Å². The molecule has 0 bridgehead atoms. The van der Waals surface area contributed by atoms with E-state index in [0.717, 1.165) is 32.3 Å². The molecule has 1 atom stereocenters. The summed E-state index contributed by atoms with van der Waals surface area (Å²) in [5.41, 5.74) is 0.553. The van der Waals surface area contributed by atoms with Gasteiger partial charge in [0.1, 0.15) is 0 Å². The van der Waals surface area contributed by atoms with Crippen LogP contribution >= 0.6 is 0 Å². The number of methoxy groups -OCH3 is 2. The molecule has 0 N–H and O–H groups in total. The maximum absolute atomic E-state index is 13.9. The van der Waals surface area contributed by atoms with Gasteiger partial charge in [-0.1, -0.05) is 0 Å². The molecule has 1 spiro atoms. The lowest BCUT2D eigenvalue weighted by Crippen LogP contribution is -2.54. The first-order valence-electron chi connectivity index (χ1n) is 8.85. The molecule has 6 heteroatoms. The SMILES string of the molecule is COCC1CCC2(CCN(C(=O)c3ccc(OC)c(F)c3)CC2)N1C. The number of rotatable bonds is 4. The van der Waals surface area contributed by atoms with Crippen LogP contribution in [0.25, 0.3) is 0 Å². The smallest absolute Gasteiger partial charge is 0.253 e. The number of hydrogen-bond donors (Lipinski definition) is 0. The van der Waals surface area contributed by atoms with Crippen LogP contribution in [-0.2, 0) is 4.74 Å². The van der Waals surface area contributed by atoms with Crippen molar-refractivity contribution in [1.82, 2.24) is 9.80 Å². The average Bonchev–Trinajstić information content (AvgIpc) is 2.92. The molecule has 0 aliphatic carbocycles. The van der Waals surface area contributed by atoms with Crippen LogP contribution in [0.5, 0.6) is 5.75 Å². The van der Waals surface area contributed by atoms with E-state index in [4.69, 9.17) is 9.47 Å². The lowest BCUT2D eigenvalue weighted by Gasteiger charge is -2.45. The van der Waals surface area contributed by atoms with Crippen LogP contribution in [0.4, 0.5) is 4.39 Å². The van der Waals surface area contributed by atoms with Gasteiger partial charge in [0.15, 0.2) is 11.6 Å². The number of halogens is 1. The Labute approximate surface area is 148 Å². The van der Waals surface area contributed by atoms with E-state index in [1.54, 1.807) is 13.2 Å². The van der Waals surface area contributed by atoms with Gasteiger partial charge in [0.25, 0.3) is 5.91 Å². The molecule has 2 aliphatic heterocycles. The number of piperidine rings is 1. The molecule has 0 radical (unpaired) electrons. The Bertz CT molecular complexity index is 629. The first kappa shape index (κ1) is 18.1. The van der Waals surface area contributed by atoms with Gasteiger partial charge < -0.3 is 14.4 Å². The highest BCUT2D eigenvalue weighted by Crippen LogP contribution is 2.40. The molecule has 1 amide bonds. The number of carbonyl (C=O) groups excluding carboxylic acids is 1. The highest BCUT2D eigenvalue weighted by Gasteiger charge is 2.46. The second-order valence-electron chi connectivity index (χ2n) is 7.12.